The molecule has 1 aliphatic heterocycles. The molecule has 222 valence electrons. The number of halogens is 2. The topological polar surface area (TPSA) is 106 Å². The van der Waals surface area contributed by atoms with Crippen LogP contribution in [-0.4, -0.2) is 70.1 Å². The maximum absolute atomic E-state index is 14.2. The number of carbonyl (C=O) groups is 1. The molecule has 1 amide bonds. The summed E-state index contributed by atoms with van der Waals surface area (Å²) in [6.45, 7) is 10.5. The second-order valence-corrected chi connectivity index (χ2v) is 11.8. The molecule has 2 fully saturated rings. The van der Waals surface area contributed by atoms with E-state index in [0.29, 0.717) is 67.4 Å². The molecule has 41 heavy (non-hydrogen) atoms. The molecule has 3 aromatic rings. The van der Waals surface area contributed by atoms with Gasteiger partial charge in [0.15, 0.2) is 5.82 Å². The van der Waals surface area contributed by atoms with Gasteiger partial charge in [0.25, 0.3) is 6.43 Å². The number of carbonyl (C=O) groups excluding carboxylic acids is 1. The van der Waals surface area contributed by atoms with Crippen LogP contribution in [0, 0.1) is 12.8 Å². The Bertz CT molecular complexity index is 1360. The predicted octanol–water partition coefficient (Wildman–Crippen LogP) is 5.39. The van der Waals surface area contributed by atoms with Crippen LogP contribution in [0.5, 0.6) is 0 Å². The molecule has 12 heteroatoms. The normalized spacial score (nSPS) is 19.9. The highest BCUT2D eigenvalue weighted by Gasteiger charge is 2.27. The first-order valence-corrected chi connectivity index (χ1v) is 14.3. The van der Waals surface area contributed by atoms with Crippen LogP contribution < -0.4 is 15.5 Å². The molecule has 0 bridgehead atoms. The molecule has 1 saturated carbocycles. The molecule has 0 spiro atoms. The number of morpholine rings is 1. The third kappa shape index (κ3) is 7.03. The fraction of sp³-hybridized carbons (Fsp3) is 0.586. The summed E-state index contributed by atoms with van der Waals surface area (Å²) in [5, 5.41) is 6.36. The number of aromatic nitrogens is 4. The van der Waals surface area contributed by atoms with Crippen molar-refractivity contribution in [2.45, 2.75) is 71.4 Å². The summed E-state index contributed by atoms with van der Waals surface area (Å²) in [5.41, 5.74) is 1.41. The summed E-state index contributed by atoms with van der Waals surface area (Å²) < 4.78 is 40.8. The molecule has 3 heterocycles. The van der Waals surface area contributed by atoms with Gasteiger partial charge < -0.3 is 25.0 Å². The summed E-state index contributed by atoms with van der Waals surface area (Å²) in [4.78, 5) is 28.0. The molecule has 1 aliphatic carbocycles. The lowest BCUT2D eigenvalue weighted by molar-refractivity contribution is 0.0488. The van der Waals surface area contributed by atoms with E-state index >= 15 is 0 Å². The Kier molecular flexibility index (Phi) is 8.58. The van der Waals surface area contributed by atoms with Gasteiger partial charge in [0.05, 0.1) is 24.2 Å². The van der Waals surface area contributed by atoms with E-state index in [2.05, 4.69) is 20.5 Å². The summed E-state index contributed by atoms with van der Waals surface area (Å²) in [7, 11) is 0. The van der Waals surface area contributed by atoms with Crippen LogP contribution in [0.2, 0.25) is 0 Å². The van der Waals surface area contributed by atoms with Gasteiger partial charge >= 0.3 is 6.09 Å². The van der Waals surface area contributed by atoms with Crippen LogP contribution in [0.4, 0.5) is 25.3 Å². The Morgan fingerprint density at radius 2 is 1.80 bits per heavy atom. The zero-order valence-electron chi connectivity index (χ0n) is 24.1. The van der Waals surface area contributed by atoms with E-state index in [4.69, 9.17) is 19.4 Å². The Hall–Kier alpha value is -3.54. The number of nitrogens with zero attached hydrogens (tertiary/aromatic N) is 5. The quantitative estimate of drug-likeness (QED) is 0.389. The first-order valence-electron chi connectivity index (χ1n) is 14.3. The highest BCUT2D eigenvalue weighted by Crippen LogP contribution is 2.31. The van der Waals surface area contributed by atoms with Crippen LogP contribution in [0.3, 0.4) is 0 Å². The summed E-state index contributed by atoms with van der Waals surface area (Å²) in [5.74, 6) is 1.40. The van der Waals surface area contributed by atoms with Crippen molar-refractivity contribution in [1.82, 2.24) is 24.8 Å². The maximum Gasteiger partial charge on any atom is 0.407 e. The number of hydrogen-bond donors (Lipinski definition) is 2. The zero-order chi connectivity index (χ0) is 29.1. The number of fused-ring (bicyclic) bond motifs is 1. The van der Waals surface area contributed by atoms with Gasteiger partial charge in [-0.25, -0.2) is 18.6 Å². The largest absolute Gasteiger partial charge is 0.444 e. The van der Waals surface area contributed by atoms with Crippen molar-refractivity contribution in [3.05, 3.63) is 35.7 Å². The lowest BCUT2D eigenvalue weighted by Crippen LogP contribution is -2.41. The predicted molar refractivity (Wildman–Crippen MR) is 153 cm³/mol. The SMILES string of the molecule is Cc1cccc2nc(C(F)F)n(-c3cc(N4CCOCC4)nc(NC[C@H]4CC[C@H](NC(=O)OC(C)(C)C)CC4)n3)c12. The van der Waals surface area contributed by atoms with Gasteiger partial charge in [-0.1, -0.05) is 12.1 Å². The summed E-state index contributed by atoms with van der Waals surface area (Å²) in [6, 6.07) is 7.27. The van der Waals surface area contributed by atoms with E-state index in [1.165, 1.54) is 4.57 Å². The molecule has 0 radical (unpaired) electrons. The first kappa shape index (κ1) is 29.0. The van der Waals surface area contributed by atoms with Crippen molar-refractivity contribution in [3.8, 4) is 5.82 Å². The third-order valence-corrected chi connectivity index (χ3v) is 7.48. The number of nitrogens with one attached hydrogen (secondary N) is 2. The molecule has 2 N–H and O–H groups in total. The van der Waals surface area contributed by atoms with E-state index in [-0.39, 0.29) is 18.0 Å². The second kappa shape index (κ2) is 12.1. The van der Waals surface area contributed by atoms with Gasteiger partial charge in [0, 0.05) is 31.7 Å². The fourth-order valence-corrected chi connectivity index (χ4v) is 5.48. The molecule has 0 unspecified atom stereocenters. The van der Waals surface area contributed by atoms with E-state index in [9.17, 15) is 13.6 Å². The highest BCUT2D eigenvalue weighted by atomic mass is 19.3. The molecular formula is C29H39F2N7O3. The van der Waals surface area contributed by atoms with E-state index in [0.717, 1.165) is 31.2 Å². The Labute approximate surface area is 238 Å². The zero-order valence-corrected chi connectivity index (χ0v) is 24.1. The van der Waals surface area contributed by atoms with Gasteiger partial charge in [0.1, 0.15) is 17.2 Å². The van der Waals surface area contributed by atoms with E-state index in [1.54, 1.807) is 12.1 Å². The number of alkyl carbamates (subject to hydrolysis) is 1. The van der Waals surface area contributed by atoms with Crippen molar-refractivity contribution in [1.29, 1.82) is 0 Å². The summed E-state index contributed by atoms with van der Waals surface area (Å²) in [6.07, 6.45) is 0.386. The molecular weight excluding hydrogens is 532 g/mol. The number of benzene rings is 1. The van der Waals surface area contributed by atoms with Crippen molar-refractivity contribution >= 4 is 28.9 Å². The number of para-hydroxylation sites is 1. The Morgan fingerprint density at radius 1 is 1.10 bits per heavy atom. The minimum Gasteiger partial charge on any atom is -0.444 e. The third-order valence-electron chi connectivity index (χ3n) is 7.48. The second-order valence-electron chi connectivity index (χ2n) is 11.8. The van der Waals surface area contributed by atoms with Crippen molar-refractivity contribution in [2.75, 3.05) is 43.1 Å². The van der Waals surface area contributed by atoms with E-state index < -0.39 is 12.0 Å². The molecule has 1 aromatic carbocycles. The molecule has 2 aromatic heterocycles. The fourth-order valence-electron chi connectivity index (χ4n) is 5.48. The number of imidazole rings is 1. The van der Waals surface area contributed by atoms with Crippen molar-refractivity contribution < 1.29 is 23.0 Å². The van der Waals surface area contributed by atoms with Gasteiger partial charge in [0.2, 0.25) is 5.95 Å². The number of rotatable bonds is 7. The lowest BCUT2D eigenvalue weighted by atomic mass is 9.86. The number of aryl methyl sites for hydroxylation is 1. The number of hydrogen-bond acceptors (Lipinski definition) is 8. The van der Waals surface area contributed by atoms with Crippen molar-refractivity contribution in [2.24, 2.45) is 5.92 Å². The number of amides is 1. The van der Waals surface area contributed by atoms with E-state index in [1.807, 2.05) is 39.8 Å². The lowest BCUT2D eigenvalue weighted by Gasteiger charge is -2.30. The molecule has 0 atom stereocenters. The van der Waals surface area contributed by atoms with Crippen LogP contribution in [0.1, 0.15) is 64.3 Å². The average Bonchev–Trinajstić information content (AvgIpc) is 3.34. The minimum absolute atomic E-state index is 0.0825. The summed E-state index contributed by atoms with van der Waals surface area (Å²) >= 11 is 0. The van der Waals surface area contributed by atoms with Crippen molar-refractivity contribution in [3.63, 3.8) is 0 Å². The smallest absolute Gasteiger partial charge is 0.407 e. The average molecular weight is 572 g/mol. The first-order chi connectivity index (χ1) is 19.6. The minimum atomic E-state index is -2.77. The monoisotopic (exact) mass is 571 g/mol. The van der Waals surface area contributed by atoms with Gasteiger partial charge in [-0.05, 0) is 70.9 Å². The van der Waals surface area contributed by atoms with Gasteiger partial charge in [-0.15, -0.1) is 0 Å². The Balaban J connectivity index is 1.35. The molecule has 1 saturated heterocycles. The van der Waals surface area contributed by atoms with Crippen LogP contribution in [0.15, 0.2) is 24.3 Å². The van der Waals surface area contributed by atoms with Crippen LogP contribution in [0.25, 0.3) is 16.9 Å². The van der Waals surface area contributed by atoms with Crippen LogP contribution >= 0.6 is 0 Å². The molecule has 10 nitrogen and oxygen atoms in total. The maximum atomic E-state index is 14.2. The van der Waals surface area contributed by atoms with Gasteiger partial charge in [-0.2, -0.15) is 9.97 Å². The highest BCUT2D eigenvalue weighted by molar-refractivity contribution is 5.81. The van der Waals surface area contributed by atoms with Gasteiger partial charge in [-0.3, -0.25) is 4.57 Å². The standard InChI is InChI=1S/C29H39F2N7O3/c1-18-6-5-7-21-24(18)38(26(34-21)25(30)31)23-16-22(37-12-14-40-15-13-37)35-27(36-23)32-17-19-8-10-20(11-9-19)33-28(39)41-29(2,3)4/h5-7,16,19-20,25H,8-15,17H2,1-4H3,(H,33,39)(H,32,35,36)/t19-,20-. The van der Waals surface area contributed by atoms with Crippen LogP contribution in [-0.2, 0) is 9.47 Å². The number of anilines is 2. The number of ether oxygens (including phenoxy) is 2. The number of alkyl halides is 2. The molecule has 2 aliphatic rings. The molecule has 5 rings (SSSR count). The Morgan fingerprint density at radius 3 is 2.49 bits per heavy atom.